The van der Waals surface area contributed by atoms with Gasteiger partial charge in [0.1, 0.15) is 11.5 Å². The average molecular weight is 371 g/mol. The molecule has 0 aliphatic heterocycles. The van der Waals surface area contributed by atoms with Crippen molar-refractivity contribution in [1.82, 2.24) is 0 Å². The van der Waals surface area contributed by atoms with Crippen LogP contribution < -0.4 is 14.8 Å². The lowest BCUT2D eigenvalue weighted by Crippen LogP contribution is -2.30. The van der Waals surface area contributed by atoms with E-state index in [0.717, 1.165) is 22.4 Å². The molecular formula is C21H25NO5. The van der Waals surface area contributed by atoms with Crippen LogP contribution in [0.25, 0.3) is 0 Å². The van der Waals surface area contributed by atoms with Crippen molar-refractivity contribution in [2.24, 2.45) is 0 Å². The van der Waals surface area contributed by atoms with E-state index in [-0.39, 0.29) is 5.56 Å². The fraction of sp³-hybridized carbons (Fsp3) is 0.333. The molecule has 1 N–H and O–H groups in total. The van der Waals surface area contributed by atoms with Crippen LogP contribution in [-0.2, 0) is 9.53 Å². The van der Waals surface area contributed by atoms with E-state index in [0.29, 0.717) is 11.5 Å². The molecule has 0 spiro atoms. The third kappa shape index (κ3) is 5.00. The topological polar surface area (TPSA) is 73.9 Å². The first-order valence-electron chi connectivity index (χ1n) is 8.58. The zero-order valence-electron chi connectivity index (χ0n) is 16.5. The number of anilines is 1. The van der Waals surface area contributed by atoms with Crippen LogP contribution >= 0.6 is 0 Å². The Bertz CT molecular complexity index is 814. The summed E-state index contributed by atoms with van der Waals surface area (Å²) >= 11 is 0. The molecule has 2 rings (SSSR count). The molecule has 6 nitrogen and oxygen atoms in total. The van der Waals surface area contributed by atoms with Gasteiger partial charge in [-0.15, -0.1) is 0 Å². The summed E-state index contributed by atoms with van der Waals surface area (Å²) in [5, 5.41) is 2.84. The molecule has 0 aromatic heterocycles. The number of carbonyl (C=O) groups is 2. The predicted molar refractivity (Wildman–Crippen MR) is 104 cm³/mol. The molecule has 0 fully saturated rings. The molecule has 27 heavy (non-hydrogen) atoms. The molecule has 1 amide bonds. The third-order valence-corrected chi connectivity index (χ3v) is 4.17. The zero-order chi connectivity index (χ0) is 20.1. The Morgan fingerprint density at radius 1 is 0.889 bits per heavy atom. The highest BCUT2D eigenvalue weighted by Crippen LogP contribution is 2.24. The minimum Gasteiger partial charge on any atom is -0.497 e. The van der Waals surface area contributed by atoms with E-state index >= 15 is 0 Å². The van der Waals surface area contributed by atoms with E-state index in [9.17, 15) is 9.59 Å². The molecular weight excluding hydrogens is 346 g/mol. The molecule has 6 heteroatoms. The van der Waals surface area contributed by atoms with E-state index in [1.54, 1.807) is 6.07 Å². The van der Waals surface area contributed by atoms with Crippen LogP contribution in [0.1, 0.15) is 34.0 Å². The number of methoxy groups -OCH3 is 2. The first kappa shape index (κ1) is 20.3. The minimum absolute atomic E-state index is 0.244. The number of nitrogens with one attached hydrogen (secondary N) is 1. The summed E-state index contributed by atoms with van der Waals surface area (Å²) in [5.41, 5.74) is 4.01. The highest BCUT2D eigenvalue weighted by Gasteiger charge is 2.21. The monoisotopic (exact) mass is 371 g/mol. The van der Waals surface area contributed by atoms with Crippen molar-refractivity contribution in [2.45, 2.75) is 33.8 Å². The van der Waals surface area contributed by atoms with Gasteiger partial charge in [0.15, 0.2) is 6.10 Å². The summed E-state index contributed by atoms with van der Waals surface area (Å²) in [4.78, 5) is 24.9. The van der Waals surface area contributed by atoms with Crippen molar-refractivity contribution < 1.29 is 23.8 Å². The summed E-state index contributed by atoms with van der Waals surface area (Å²) in [6.45, 7) is 7.38. The summed E-state index contributed by atoms with van der Waals surface area (Å²) < 4.78 is 15.6. The standard InChI is InChI=1S/C21H25NO5/c1-12-7-13(2)19(14(3)8-12)22-20(23)15(4)27-21(24)16-9-17(25-5)11-18(10-16)26-6/h7-11,15H,1-6H3,(H,22,23). The normalized spacial score (nSPS) is 11.5. The van der Waals surface area contributed by atoms with Gasteiger partial charge in [-0.2, -0.15) is 0 Å². The number of amides is 1. The highest BCUT2D eigenvalue weighted by atomic mass is 16.5. The molecule has 1 atom stereocenters. The zero-order valence-corrected chi connectivity index (χ0v) is 16.5. The molecule has 2 aromatic rings. The van der Waals surface area contributed by atoms with E-state index in [1.165, 1.54) is 33.3 Å². The lowest BCUT2D eigenvalue weighted by molar-refractivity contribution is -0.123. The van der Waals surface area contributed by atoms with Gasteiger partial charge in [-0.1, -0.05) is 17.7 Å². The summed E-state index contributed by atoms with van der Waals surface area (Å²) in [6.07, 6.45) is -0.963. The smallest absolute Gasteiger partial charge is 0.339 e. The van der Waals surface area contributed by atoms with E-state index in [4.69, 9.17) is 14.2 Å². The van der Waals surface area contributed by atoms with Crippen LogP contribution in [0, 0.1) is 20.8 Å². The van der Waals surface area contributed by atoms with Gasteiger partial charge in [-0.05, 0) is 51.0 Å². The van der Waals surface area contributed by atoms with Gasteiger partial charge in [0.25, 0.3) is 5.91 Å². The Morgan fingerprint density at radius 3 is 1.89 bits per heavy atom. The third-order valence-electron chi connectivity index (χ3n) is 4.17. The second-order valence-electron chi connectivity index (χ2n) is 6.41. The van der Waals surface area contributed by atoms with Crippen LogP contribution in [-0.4, -0.2) is 32.2 Å². The van der Waals surface area contributed by atoms with Crippen LogP contribution in [0.3, 0.4) is 0 Å². The SMILES string of the molecule is COc1cc(OC)cc(C(=O)OC(C)C(=O)Nc2c(C)cc(C)cc2C)c1. The van der Waals surface area contributed by atoms with Crippen molar-refractivity contribution in [1.29, 1.82) is 0 Å². The molecule has 0 radical (unpaired) electrons. The molecule has 0 saturated carbocycles. The van der Waals surface area contributed by atoms with Gasteiger partial charge in [0.05, 0.1) is 19.8 Å². The van der Waals surface area contributed by atoms with Crippen molar-refractivity contribution in [3.8, 4) is 11.5 Å². The Labute approximate surface area is 159 Å². The molecule has 0 heterocycles. The summed E-state index contributed by atoms with van der Waals surface area (Å²) in [7, 11) is 2.98. The number of esters is 1. The lowest BCUT2D eigenvalue weighted by atomic mass is 10.0. The number of benzene rings is 2. The molecule has 2 aromatic carbocycles. The van der Waals surface area contributed by atoms with E-state index < -0.39 is 18.0 Å². The highest BCUT2D eigenvalue weighted by molar-refractivity contribution is 5.98. The van der Waals surface area contributed by atoms with Gasteiger partial charge >= 0.3 is 5.97 Å². The maximum atomic E-state index is 12.5. The minimum atomic E-state index is -0.963. The number of aryl methyl sites for hydroxylation is 3. The second kappa shape index (κ2) is 8.58. The fourth-order valence-corrected chi connectivity index (χ4v) is 2.81. The number of rotatable bonds is 6. The molecule has 1 unspecified atom stereocenters. The maximum absolute atomic E-state index is 12.5. The maximum Gasteiger partial charge on any atom is 0.339 e. The Morgan fingerprint density at radius 2 is 1.41 bits per heavy atom. The van der Waals surface area contributed by atoms with Gasteiger partial charge in [0, 0.05) is 11.8 Å². The van der Waals surface area contributed by atoms with Crippen LogP contribution in [0.2, 0.25) is 0 Å². The van der Waals surface area contributed by atoms with Crippen molar-refractivity contribution in [3.63, 3.8) is 0 Å². The van der Waals surface area contributed by atoms with Crippen molar-refractivity contribution in [3.05, 3.63) is 52.6 Å². The van der Waals surface area contributed by atoms with Gasteiger partial charge in [0.2, 0.25) is 0 Å². The molecule has 0 aliphatic carbocycles. The number of hydrogen-bond acceptors (Lipinski definition) is 5. The summed E-state index contributed by atoms with van der Waals surface area (Å²) in [5.74, 6) is -0.103. The quantitative estimate of drug-likeness (QED) is 0.782. The van der Waals surface area contributed by atoms with Crippen molar-refractivity contribution >= 4 is 17.6 Å². The summed E-state index contributed by atoms with van der Waals surface area (Å²) in [6, 6.07) is 8.69. The van der Waals surface area contributed by atoms with Crippen LogP contribution in [0.4, 0.5) is 5.69 Å². The second-order valence-corrected chi connectivity index (χ2v) is 6.41. The number of hydrogen-bond donors (Lipinski definition) is 1. The Balaban J connectivity index is 2.11. The largest absolute Gasteiger partial charge is 0.497 e. The molecule has 0 saturated heterocycles. The predicted octanol–water partition coefficient (Wildman–Crippen LogP) is 3.81. The Kier molecular flexibility index (Phi) is 6.45. The Hall–Kier alpha value is -3.02. The molecule has 0 aliphatic rings. The van der Waals surface area contributed by atoms with Crippen LogP contribution in [0.15, 0.2) is 30.3 Å². The fourth-order valence-electron chi connectivity index (χ4n) is 2.81. The number of carbonyl (C=O) groups excluding carboxylic acids is 2. The van der Waals surface area contributed by atoms with E-state index in [2.05, 4.69) is 5.32 Å². The first-order valence-corrected chi connectivity index (χ1v) is 8.58. The van der Waals surface area contributed by atoms with Gasteiger partial charge < -0.3 is 19.5 Å². The van der Waals surface area contributed by atoms with Gasteiger partial charge in [-0.25, -0.2) is 4.79 Å². The molecule has 0 bridgehead atoms. The van der Waals surface area contributed by atoms with E-state index in [1.807, 2.05) is 32.9 Å². The molecule has 144 valence electrons. The lowest BCUT2D eigenvalue weighted by Gasteiger charge is -2.17. The average Bonchev–Trinajstić information content (AvgIpc) is 2.63. The number of ether oxygens (including phenoxy) is 3. The van der Waals surface area contributed by atoms with Crippen LogP contribution in [0.5, 0.6) is 11.5 Å². The van der Waals surface area contributed by atoms with Gasteiger partial charge in [-0.3, -0.25) is 4.79 Å². The van der Waals surface area contributed by atoms with Crippen molar-refractivity contribution in [2.75, 3.05) is 19.5 Å². The first-order chi connectivity index (χ1) is 12.7.